The van der Waals surface area contributed by atoms with Crippen molar-refractivity contribution in [1.82, 2.24) is 0 Å². The van der Waals surface area contributed by atoms with E-state index in [1.807, 2.05) is 37.3 Å². The second kappa shape index (κ2) is 9.64. The molecule has 0 spiro atoms. The van der Waals surface area contributed by atoms with Gasteiger partial charge < -0.3 is 19.5 Å². The Labute approximate surface area is 165 Å². The van der Waals surface area contributed by atoms with Crippen molar-refractivity contribution in [2.24, 2.45) is 0 Å². The first kappa shape index (κ1) is 20.3. The first-order valence-corrected chi connectivity index (χ1v) is 9.30. The van der Waals surface area contributed by atoms with Gasteiger partial charge in [0.15, 0.2) is 0 Å². The average Bonchev–Trinajstić information content (AvgIpc) is 2.63. The van der Waals surface area contributed by atoms with E-state index < -0.39 is 0 Å². The van der Waals surface area contributed by atoms with Gasteiger partial charge in [-0.2, -0.15) is 0 Å². The quantitative estimate of drug-likeness (QED) is 0.626. The second-order valence-corrected chi connectivity index (χ2v) is 6.46. The van der Waals surface area contributed by atoms with Gasteiger partial charge in [0.1, 0.15) is 18.1 Å². The zero-order valence-electron chi connectivity index (χ0n) is 15.5. The smallest absolute Gasteiger partial charge is 0.260 e. The SMILES string of the molecule is CCOc1cccc(NC(=S)OC)c1COc1cc(C)c(CC)cc1Cl. The Balaban J connectivity index is 2.30. The van der Waals surface area contributed by atoms with Gasteiger partial charge in [-0.25, -0.2) is 0 Å². The van der Waals surface area contributed by atoms with Crippen LogP contribution in [0.1, 0.15) is 30.5 Å². The molecule has 0 aliphatic rings. The third kappa shape index (κ3) is 5.02. The third-order valence-corrected chi connectivity index (χ3v) is 4.56. The molecule has 4 nitrogen and oxygen atoms in total. The number of hydrogen-bond donors (Lipinski definition) is 1. The predicted molar refractivity (Wildman–Crippen MR) is 111 cm³/mol. The van der Waals surface area contributed by atoms with Gasteiger partial charge in [0.25, 0.3) is 5.17 Å². The molecule has 0 aliphatic carbocycles. The minimum absolute atomic E-state index is 0.279. The maximum atomic E-state index is 6.38. The molecule has 0 radical (unpaired) electrons. The van der Waals surface area contributed by atoms with Crippen LogP contribution in [-0.4, -0.2) is 18.9 Å². The van der Waals surface area contributed by atoms with E-state index in [2.05, 4.69) is 19.2 Å². The van der Waals surface area contributed by atoms with E-state index in [9.17, 15) is 0 Å². The fraction of sp³-hybridized carbons (Fsp3) is 0.350. The maximum absolute atomic E-state index is 6.38. The number of methoxy groups -OCH3 is 1. The monoisotopic (exact) mass is 393 g/mol. The number of thiocarbonyl (C=S) groups is 1. The van der Waals surface area contributed by atoms with Crippen LogP contribution in [0.5, 0.6) is 11.5 Å². The van der Waals surface area contributed by atoms with Crippen LogP contribution in [0.25, 0.3) is 0 Å². The molecule has 26 heavy (non-hydrogen) atoms. The summed E-state index contributed by atoms with van der Waals surface area (Å²) in [5.74, 6) is 1.38. The molecule has 0 bridgehead atoms. The number of anilines is 1. The highest BCUT2D eigenvalue weighted by Gasteiger charge is 2.14. The van der Waals surface area contributed by atoms with Crippen molar-refractivity contribution in [2.45, 2.75) is 33.8 Å². The molecule has 0 saturated heterocycles. The lowest BCUT2D eigenvalue weighted by molar-refractivity contribution is 0.287. The summed E-state index contributed by atoms with van der Waals surface area (Å²) in [6.07, 6.45) is 0.932. The number of benzene rings is 2. The van der Waals surface area contributed by atoms with Gasteiger partial charge in [-0.05, 0) is 67.9 Å². The molecule has 2 aromatic rings. The minimum Gasteiger partial charge on any atom is -0.493 e. The molecule has 1 N–H and O–H groups in total. The fourth-order valence-electron chi connectivity index (χ4n) is 2.62. The van der Waals surface area contributed by atoms with Crippen LogP contribution in [0.4, 0.5) is 5.69 Å². The molecule has 140 valence electrons. The van der Waals surface area contributed by atoms with Crippen molar-refractivity contribution in [3.8, 4) is 11.5 Å². The second-order valence-electron chi connectivity index (χ2n) is 5.68. The Kier molecular flexibility index (Phi) is 7.54. The number of rotatable bonds is 7. The first-order chi connectivity index (χ1) is 12.5. The number of ether oxygens (including phenoxy) is 3. The Morgan fingerprint density at radius 3 is 2.58 bits per heavy atom. The zero-order chi connectivity index (χ0) is 19.1. The summed E-state index contributed by atoms with van der Waals surface area (Å²) in [5, 5.41) is 3.93. The molecule has 0 heterocycles. The Bertz CT molecular complexity index is 780. The lowest BCUT2D eigenvalue weighted by Gasteiger charge is -2.18. The Morgan fingerprint density at radius 2 is 1.92 bits per heavy atom. The van der Waals surface area contributed by atoms with Crippen LogP contribution in [0, 0.1) is 6.92 Å². The number of hydrogen-bond acceptors (Lipinski definition) is 4. The van der Waals surface area contributed by atoms with Gasteiger partial charge in [0, 0.05) is 0 Å². The van der Waals surface area contributed by atoms with Crippen molar-refractivity contribution in [1.29, 1.82) is 0 Å². The minimum atomic E-state index is 0.279. The molecular formula is C20H24ClNO3S. The maximum Gasteiger partial charge on any atom is 0.260 e. The first-order valence-electron chi connectivity index (χ1n) is 8.51. The van der Waals surface area contributed by atoms with E-state index in [1.165, 1.54) is 12.7 Å². The Hall–Kier alpha value is -1.98. The standard InChI is InChI=1S/C20H24ClNO3S/c1-5-14-11-16(21)19(10-13(14)3)25-12-15-17(22-20(26)23-4)8-7-9-18(15)24-6-2/h7-11H,5-6,12H2,1-4H3,(H,22,26). The molecule has 0 fully saturated rings. The van der Waals surface area contributed by atoms with Gasteiger partial charge in [0.2, 0.25) is 0 Å². The fourth-order valence-corrected chi connectivity index (χ4v) is 2.97. The normalized spacial score (nSPS) is 10.3. The summed E-state index contributed by atoms with van der Waals surface area (Å²) in [5.41, 5.74) is 4.00. The molecule has 0 saturated carbocycles. The van der Waals surface area contributed by atoms with Gasteiger partial charge >= 0.3 is 0 Å². The van der Waals surface area contributed by atoms with E-state index >= 15 is 0 Å². The van der Waals surface area contributed by atoms with Gasteiger partial charge in [-0.3, -0.25) is 0 Å². The highest BCUT2D eigenvalue weighted by atomic mass is 35.5. The molecule has 0 amide bonds. The summed E-state index contributed by atoms with van der Waals surface area (Å²) in [7, 11) is 1.52. The number of nitrogens with one attached hydrogen (secondary N) is 1. The molecule has 2 aromatic carbocycles. The summed E-state index contributed by atoms with van der Waals surface area (Å²) in [6.45, 7) is 6.94. The van der Waals surface area contributed by atoms with E-state index in [1.54, 1.807) is 0 Å². The van der Waals surface area contributed by atoms with Crippen molar-refractivity contribution in [3.63, 3.8) is 0 Å². The molecule has 0 aromatic heterocycles. The van der Waals surface area contributed by atoms with Crippen molar-refractivity contribution in [2.75, 3.05) is 19.0 Å². The van der Waals surface area contributed by atoms with E-state index in [-0.39, 0.29) is 11.8 Å². The lowest BCUT2D eigenvalue weighted by Crippen LogP contribution is -2.14. The van der Waals surface area contributed by atoms with Crippen molar-refractivity contribution in [3.05, 3.63) is 52.0 Å². The lowest BCUT2D eigenvalue weighted by atomic mass is 10.1. The number of aryl methyl sites for hydroxylation is 2. The average molecular weight is 394 g/mol. The molecule has 6 heteroatoms. The van der Waals surface area contributed by atoms with Crippen molar-refractivity contribution >= 4 is 34.7 Å². The summed E-state index contributed by atoms with van der Waals surface area (Å²) in [4.78, 5) is 0. The van der Waals surface area contributed by atoms with E-state index in [0.717, 1.165) is 29.0 Å². The molecule has 0 unspecified atom stereocenters. The van der Waals surface area contributed by atoms with Crippen LogP contribution < -0.4 is 14.8 Å². The molecule has 0 aliphatic heterocycles. The van der Waals surface area contributed by atoms with Crippen LogP contribution in [0.15, 0.2) is 30.3 Å². The van der Waals surface area contributed by atoms with E-state index in [4.69, 9.17) is 38.0 Å². The van der Waals surface area contributed by atoms with Crippen LogP contribution in [0.3, 0.4) is 0 Å². The van der Waals surface area contributed by atoms with Gasteiger partial charge in [-0.15, -0.1) is 0 Å². The summed E-state index contributed by atoms with van der Waals surface area (Å²) in [6, 6.07) is 9.62. The largest absolute Gasteiger partial charge is 0.493 e. The van der Waals surface area contributed by atoms with Crippen LogP contribution in [0.2, 0.25) is 5.02 Å². The summed E-state index contributed by atoms with van der Waals surface area (Å²) < 4.78 is 16.8. The highest BCUT2D eigenvalue weighted by Crippen LogP contribution is 2.32. The molecule has 0 atom stereocenters. The highest BCUT2D eigenvalue weighted by molar-refractivity contribution is 7.80. The zero-order valence-corrected chi connectivity index (χ0v) is 17.1. The van der Waals surface area contributed by atoms with Gasteiger partial charge in [0.05, 0.1) is 30.0 Å². The van der Waals surface area contributed by atoms with Crippen molar-refractivity contribution < 1.29 is 14.2 Å². The summed E-state index contributed by atoms with van der Waals surface area (Å²) >= 11 is 11.5. The van der Waals surface area contributed by atoms with Gasteiger partial charge in [-0.1, -0.05) is 24.6 Å². The molecular weight excluding hydrogens is 370 g/mol. The third-order valence-electron chi connectivity index (χ3n) is 4.00. The molecule has 2 rings (SSSR count). The topological polar surface area (TPSA) is 39.7 Å². The van der Waals surface area contributed by atoms with E-state index in [0.29, 0.717) is 17.4 Å². The number of halogens is 1. The predicted octanol–water partition coefficient (Wildman–Crippen LogP) is 5.53. The Morgan fingerprint density at radius 1 is 1.15 bits per heavy atom. The van der Waals surface area contributed by atoms with Crippen LogP contribution in [-0.2, 0) is 17.8 Å². The van der Waals surface area contributed by atoms with Crippen LogP contribution >= 0.6 is 23.8 Å².